The molecule has 0 atom stereocenters. The van der Waals surface area contributed by atoms with Gasteiger partial charge < -0.3 is 39.6 Å². The Morgan fingerprint density at radius 2 is 0.600 bits per heavy atom. The molecule has 0 unspecified atom stereocenters. The minimum absolute atomic E-state index is 0. The van der Waals surface area contributed by atoms with Crippen LogP contribution in [0.5, 0.6) is 0 Å². The predicted molar refractivity (Wildman–Crippen MR) is 79.7 cm³/mol. The molecular weight excluding hydrogens is 552 g/mol. The molecule has 0 aliphatic heterocycles. The van der Waals surface area contributed by atoms with E-state index in [1.165, 1.54) is 0 Å². The van der Waals surface area contributed by atoms with E-state index < -0.39 is 23.9 Å². The Morgan fingerprint density at radius 1 is 0.480 bits per heavy atom. The molecule has 0 radical (unpaired) electrons. The van der Waals surface area contributed by atoms with E-state index in [0.29, 0.717) is 25.7 Å². The van der Waals surface area contributed by atoms with E-state index in [4.69, 9.17) is 0 Å². The Bertz CT molecular complexity index is 268. The molecule has 0 aromatic rings. The van der Waals surface area contributed by atoms with E-state index >= 15 is 0 Å². The molecule has 0 aromatic heterocycles. The maximum absolute atomic E-state index is 9.49. The zero-order valence-corrected chi connectivity index (χ0v) is 19.5. The summed E-state index contributed by atoms with van der Waals surface area (Å²) in [5.74, 6) is -3.84. The van der Waals surface area contributed by atoms with Crippen molar-refractivity contribution in [2.24, 2.45) is 0 Å². The Balaban J connectivity index is -0.0000000702. The van der Waals surface area contributed by atoms with Crippen molar-refractivity contribution in [2.75, 3.05) is 0 Å². The van der Waals surface area contributed by atoms with Crippen LogP contribution in [0.3, 0.4) is 0 Å². The standard InChI is InChI=1S/4C4H8O2.Th/c4*1-2-3-4(5)6;/h4*2-3H2,1H3,(H,5,6);/q;;;;+4/p-4. The number of hydrogen-bond donors (Lipinski definition) is 0. The Kier molecular flexibility index (Phi) is 43.8. The predicted octanol–water partition coefficient (Wildman–Crippen LogP) is -1.85. The quantitative estimate of drug-likeness (QED) is 0.323. The second kappa shape index (κ2) is 31.0. The summed E-state index contributed by atoms with van der Waals surface area (Å²) in [5.41, 5.74) is 0. The number of carbonyl (C=O) groups is 4. The van der Waals surface area contributed by atoms with Crippen LogP contribution in [0.4, 0.5) is 0 Å². The summed E-state index contributed by atoms with van der Waals surface area (Å²) in [6.45, 7) is 7.21. The first-order valence-corrected chi connectivity index (χ1v) is 7.88. The maximum atomic E-state index is 9.49. The molecule has 25 heavy (non-hydrogen) atoms. The van der Waals surface area contributed by atoms with Crippen molar-refractivity contribution in [3.63, 3.8) is 0 Å². The minimum Gasteiger partial charge on any atom is -0.550 e. The molecule has 0 fully saturated rings. The monoisotopic (exact) mass is 580 g/mol. The molecule has 9 heteroatoms. The maximum Gasteiger partial charge on any atom is 4.00 e. The van der Waals surface area contributed by atoms with Gasteiger partial charge in [0.1, 0.15) is 0 Å². The fourth-order valence-electron chi connectivity index (χ4n) is 0.816. The van der Waals surface area contributed by atoms with E-state index in [1.807, 2.05) is 0 Å². The number of carbonyl (C=O) groups excluding carboxylic acids is 4. The molecule has 0 bridgehead atoms. The van der Waals surface area contributed by atoms with Gasteiger partial charge in [0, 0.05) is 23.9 Å². The second-order valence-electron chi connectivity index (χ2n) is 4.49. The van der Waals surface area contributed by atoms with Crippen LogP contribution in [0, 0.1) is 39.9 Å². The largest absolute Gasteiger partial charge is 4.00 e. The molecule has 0 spiro atoms. The minimum atomic E-state index is -0.961. The SMILES string of the molecule is CCCC(=O)[O-].CCCC(=O)[O-].CCCC(=O)[O-].CCCC(=O)[O-].[Th+4]. The van der Waals surface area contributed by atoms with Crippen LogP contribution in [0.1, 0.15) is 79.1 Å². The molecule has 0 heterocycles. The molecule has 0 aliphatic carbocycles. The first-order valence-electron chi connectivity index (χ1n) is 7.88. The van der Waals surface area contributed by atoms with Crippen molar-refractivity contribution in [1.82, 2.24) is 0 Å². The first kappa shape index (κ1) is 35.3. The Hall–Kier alpha value is -0.795. The van der Waals surface area contributed by atoms with Crippen LogP contribution >= 0.6 is 0 Å². The normalized spacial score (nSPS) is 7.84. The summed E-state index contributed by atoms with van der Waals surface area (Å²) >= 11 is 0. The molecule has 0 saturated heterocycles. The molecule has 0 amide bonds. The van der Waals surface area contributed by atoms with Crippen molar-refractivity contribution in [3.05, 3.63) is 0 Å². The van der Waals surface area contributed by atoms with Gasteiger partial charge in [0.2, 0.25) is 0 Å². The molecule has 0 rings (SSSR count). The topological polar surface area (TPSA) is 161 Å². The molecule has 0 aromatic carbocycles. The van der Waals surface area contributed by atoms with Crippen LogP contribution in [0.15, 0.2) is 0 Å². The van der Waals surface area contributed by atoms with E-state index in [1.54, 1.807) is 27.7 Å². The number of hydrogen-bond acceptors (Lipinski definition) is 8. The van der Waals surface area contributed by atoms with Crippen molar-refractivity contribution in [1.29, 1.82) is 0 Å². The van der Waals surface area contributed by atoms with Crippen molar-refractivity contribution < 1.29 is 79.5 Å². The van der Waals surface area contributed by atoms with Crippen LogP contribution in [0.25, 0.3) is 0 Å². The van der Waals surface area contributed by atoms with Crippen LogP contribution < -0.4 is 20.4 Å². The van der Waals surface area contributed by atoms with E-state index in [2.05, 4.69) is 0 Å². The summed E-state index contributed by atoms with van der Waals surface area (Å²) in [5, 5.41) is 38.0. The average Bonchev–Trinajstić information content (AvgIpc) is 2.39. The molecule has 144 valence electrons. The molecule has 0 saturated carbocycles. The van der Waals surface area contributed by atoms with Crippen molar-refractivity contribution in [3.8, 4) is 0 Å². The van der Waals surface area contributed by atoms with Gasteiger partial charge in [-0.25, -0.2) is 0 Å². The van der Waals surface area contributed by atoms with Crippen molar-refractivity contribution >= 4 is 23.9 Å². The number of carboxylic acids is 4. The molecule has 8 nitrogen and oxygen atoms in total. The third-order valence-electron chi connectivity index (χ3n) is 1.82. The van der Waals surface area contributed by atoms with E-state index in [9.17, 15) is 39.6 Å². The fourth-order valence-corrected chi connectivity index (χ4v) is 0.816. The van der Waals surface area contributed by atoms with Gasteiger partial charge in [-0.1, -0.05) is 53.4 Å². The third-order valence-corrected chi connectivity index (χ3v) is 1.82. The number of rotatable bonds is 8. The summed E-state index contributed by atoms with van der Waals surface area (Å²) in [6, 6.07) is 0. The van der Waals surface area contributed by atoms with Gasteiger partial charge in [-0.2, -0.15) is 0 Å². The zero-order chi connectivity index (χ0) is 20.0. The summed E-state index contributed by atoms with van der Waals surface area (Å²) in [6.07, 6.45) is 3.40. The number of carboxylic acid groups (broad SMARTS) is 4. The van der Waals surface area contributed by atoms with Gasteiger partial charge >= 0.3 is 39.9 Å². The summed E-state index contributed by atoms with van der Waals surface area (Å²) < 4.78 is 0. The van der Waals surface area contributed by atoms with E-state index in [-0.39, 0.29) is 65.6 Å². The summed E-state index contributed by atoms with van der Waals surface area (Å²) in [7, 11) is 0. The number of aliphatic carboxylic acids is 4. The van der Waals surface area contributed by atoms with Gasteiger partial charge in [-0.3, -0.25) is 0 Å². The Morgan fingerprint density at radius 3 is 0.600 bits per heavy atom. The van der Waals surface area contributed by atoms with Gasteiger partial charge in [0.15, 0.2) is 0 Å². The third kappa shape index (κ3) is 83.1. The van der Waals surface area contributed by atoms with Gasteiger partial charge in [-0.05, 0) is 25.7 Å². The first-order chi connectivity index (χ1) is 11.1. The Labute approximate surface area is 181 Å². The summed E-state index contributed by atoms with van der Waals surface area (Å²) in [4.78, 5) is 38.0. The zero-order valence-electron chi connectivity index (χ0n) is 15.4. The smallest absolute Gasteiger partial charge is 0.550 e. The molecular formula is C16H28O8Th. The van der Waals surface area contributed by atoms with Crippen LogP contribution in [0.2, 0.25) is 0 Å². The van der Waals surface area contributed by atoms with Crippen LogP contribution in [-0.2, 0) is 19.2 Å². The van der Waals surface area contributed by atoms with Gasteiger partial charge in [0.25, 0.3) is 0 Å². The van der Waals surface area contributed by atoms with E-state index in [0.717, 1.165) is 0 Å². The molecule has 0 N–H and O–H groups in total. The average molecular weight is 580 g/mol. The van der Waals surface area contributed by atoms with Crippen molar-refractivity contribution in [2.45, 2.75) is 79.1 Å². The van der Waals surface area contributed by atoms with Gasteiger partial charge in [0.05, 0.1) is 0 Å². The van der Waals surface area contributed by atoms with Crippen LogP contribution in [-0.4, -0.2) is 23.9 Å². The fraction of sp³-hybridized carbons (Fsp3) is 0.750. The second-order valence-corrected chi connectivity index (χ2v) is 4.49. The van der Waals surface area contributed by atoms with Gasteiger partial charge in [-0.15, -0.1) is 0 Å². The molecule has 0 aliphatic rings.